The molecule has 78 valence electrons. The fourth-order valence-corrected chi connectivity index (χ4v) is 1.84. The average Bonchev–Trinajstić information content (AvgIpc) is 2.18. The van der Waals surface area contributed by atoms with Gasteiger partial charge in [0.15, 0.2) is 0 Å². The lowest BCUT2D eigenvalue weighted by Gasteiger charge is -2.13. The average molecular weight is 194 g/mol. The lowest BCUT2D eigenvalue weighted by atomic mass is 9.92. The van der Waals surface area contributed by atoms with E-state index in [-0.39, 0.29) is 5.63 Å². The van der Waals surface area contributed by atoms with Crippen molar-refractivity contribution in [2.45, 2.75) is 45.4 Å². The third-order valence-electron chi connectivity index (χ3n) is 2.48. The van der Waals surface area contributed by atoms with E-state index in [4.69, 9.17) is 4.42 Å². The summed E-state index contributed by atoms with van der Waals surface area (Å²) >= 11 is 0. The van der Waals surface area contributed by atoms with Gasteiger partial charge in [0.25, 0.3) is 0 Å². The first kappa shape index (κ1) is 11.0. The minimum absolute atomic E-state index is 0.167. The summed E-state index contributed by atoms with van der Waals surface area (Å²) < 4.78 is 4.88. The van der Waals surface area contributed by atoms with Crippen molar-refractivity contribution in [2.75, 3.05) is 0 Å². The van der Waals surface area contributed by atoms with Crippen molar-refractivity contribution >= 4 is 0 Å². The van der Waals surface area contributed by atoms with E-state index >= 15 is 0 Å². The van der Waals surface area contributed by atoms with Crippen LogP contribution >= 0.6 is 0 Å². The lowest BCUT2D eigenvalue weighted by Crippen LogP contribution is -2.11. The minimum atomic E-state index is -0.167. The molecule has 2 nitrogen and oxygen atoms in total. The SMILES string of the molecule is CCCC(CCC)c1cccoc1=O. The highest BCUT2D eigenvalue weighted by atomic mass is 16.4. The van der Waals surface area contributed by atoms with Crippen molar-refractivity contribution in [1.29, 1.82) is 0 Å². The highest BCUT2D eigenvalue weighted by molar-refractivity contribution is 5.12. The Labute approximate surface area is 85.0 Å². The van der Waals surface area contributed by atoms with Crippen molar-refractivity contribution in [1.82, 2.24) is 0 Å². The van der Waals surface area contributed by atoms with Crippen LogP contribution in [0.3, 0.4) is 0 Å². The van der Waals surface area contributed by atoms with E-state index in [0.717, 1.165) is 31.2 Å². The zero-order valence-electron chi connectivity index (χ0n) is 8.95. The summed E-state index contributed by atoms with van der Waals surface area (Å²) in [7, 11) is 0. The van der Waals surface area contributed by atoms with Crippen LogP contribution in [-0.2, 0) is 0 Å². The molecule has 0 saturated carbocycles. The van der Waals surface area contributed by atoms with Gasteiger partial charge >= 0.3 is 5.63 Å². The summed E-state index contributed by atoms with van der Waals surface area (Å²) in [5, 5.41) is 0. The first-order valence-electron chi connectivity index (χ1n) is 5.37. The van der Waals surface area contributed by atoms with Gasteiger partial charge in [-0.2, -0.15) is 0 Å². The molecule has 0 aliphatic carbocycles. The quantitative estimate of drug-likeness (QED) is 0.719. The molecule has 0 atom stereocenters. The van der Waals surface area contributed by atoms with Crippen molar-refractivity contribution in [3.8, 4) is 0 Å². The minimum Gasteiger partial charge on any atom is -0.431 e. The van der Waals surface area contributed by atoms with Gasteiger partial charge in [-0.25, -0.2) is 4.79 Å². The molecule has 0 radical (unpaired) electrons. The van der Waals surface area contributed by atoms with Crippen molar-refractivity contribution in [2.24, 2.45) is 0 Å². The summed E-state index contributed by atoms with van der Waals surface area (Å²) in [6.45, 7) is 4.29. The largest absolute Gasteiger partial charge is 0.431 e. The predicted octanol–water partition coefficient (Wildman–Crippen LogP) is 3.32. The molecule has 0 amide bonds. The highest BCUT2D eigenvalue weighted by Crippen LogP contribution is 2.23. The van der Waals surface area contributed by atoms with Crippen molar-refractivity contribution in [3.63, 3.8) is 0 Å². The Bertz CT molecular complexity index is 308. The van der Waals surface area contributed by atoms with Crippen LogP contribution in [-0.4, -0.2) is 0 Å². The standard InChI is InChI=1S/C12H18O2/c1-3-6-10(7-4-2)11-8-5-9-14-12(11)13/h5,8-10H,3-4,6-7H2,1-2H3. The zero-order chi connectivity index (χ0) is 10.4. The maximum atomic E-state index is 11.4. The van der Waals surface area contributed by atoms with Gasteiger partial charge < -0.3 is 4.42 Å². The Balaban J connectivity index is 2.87. The van der Waals surface area contributed by atoms with Crippen molar-refractivity contribution in [3.05, 3.63) is 34.4 Å². The smallest absolute Gasteiger partial charge is 0.339 e. The maximum Gasteiger partial charge on any atom is 0.339 e. The van der Waals surface area contributed by atoms with Gasteiger partial charge in [0.05, 0.1) is 6.26 Å². The molecule has 0 aromatic carbocycles. The van der Waals surface area contributed by atoms with E-state index in [1.165, 1.54) is 6.26 Å². The second-order valence-electron chi connectivity index (χ2n) is 3.63. The zero-order valence-corrected chi connectivity index (χ0v) is 8.95. The van der Waals surface area contributed by atoms with Gasteiger partial charge in [-0.3, -0.25) is 0 Å². The fraction of sp³-hybridized carbons (Fsp3) is 0.583. The van der Waals surface area contributed by atoms with E-state index < -0.39 is 0 Å². The topological polar surface area (TPSA) is 30.2 Å². The first-order chi connectivity index (χ1) is 6.79. The van der Waals surface area contributed by atoms with Crippen LogP contribution in [0.25, 0.3) is 0 Å². The fourth-order valence-electron chi connectivity index (χ4n) is 1.84. The molecule has 2 heteroatoms. The van der Waals surface area contributed by atoms with E-state index in [2.05, 4.69) is 13.8 Å². The van der Waals surface area contributed by atoms with Crippen LogP contribution < -0.4 is 5.63 Å². The molecule has 0 N–H and O–H groups in total. The Hall–Kier alpha value is -1.05. The third-order valence-corrected chi connectivity index (χ3v) is 2.48. The van der Waals surface area contributed by atoms with Crippen LogP contribution in [0.15, 0.2) is 27.6 Å². The summed E-state index contributed by atoms with van der Waals surface area (Å²) in [5.41, 5.74) is 0.676. The molecule has 0 bridgehead atoms. The summed E-state index contributed by atoms with van der Waals surface area (Å²) in [6, 6.07) is 3.69. The molecule has 0 aliphatic rings. The van der Waals surface area contributed by atoms with Gasteiger partial charge in [-0.05, 0) is 30.9 Å². The molecule has 0 unspecified atom stereocenters. The summed E-state index contributed by atoms with van der Waals surface area (Å²) in [4.78, 5) is 11.4. The molecule has 0 aliphatic heterocycles. The van der Waals surface area contributed by atoms with Gasteiger partial charge in [0.2, 0.25) is 0 Å². The van der Waals surface area contributed by atoms with Crippen LogP contribution in [0, 0.1) is 0 Å². The second kappa shape index (κ2) is 5.63. The van der Waals surface area contributed by atoms with Crippen molar-refractivity contribution < 1.29 is 4.42 Å². The number of hydrogen-bond acceptors (Lipinski definition) is 2. The molecular weight excluding hydrogens is 176 g/mol. The molecule has 1 aromatic heterocycles. The molecule has 0 saturated heterocycles. The van der Waals surface area contributed by atoms with E-state index in [1.807, 2.05) is 6.07 Å². The predicted molar refractivity (Wildman–Crippen MR) is 57.5 cm³/mol. The molecule has 1 aromatic rings. The first-order valence-corrected chi connectivity index (χ1v) is 5.37. The Morgan fingerprint density at radius 2 is 1.93 bits per heavy atom. The Morgan fingerprint density at radius 3 is 2.43 bits per heavy atom. The molecular formula is C12H18O2. The molecule has 1 heterocycles. The maximum absolute atomic E-state index is 11.4. The normalized spacial score (nSPS) is 10.8. The van der Waals surface area contributed by atoms with Gasteiger partial charge in [-0.1, -0.05) is 26.7 Å². The molecule has 1 rings (SSSR count). The Kier molecular flexibility index (Phi) is 4.44. The second-order valence-corrected chi connectivity index (χ2v) is 3.63. The van der Waals surface area contributed by atoms with Crippen LogP contribution in [0.1, 0.15) is 51.0 Å². The molecule has 0 fully saturated rings. The van der Waals surface area contributed by atoms with Crippen LogP contribution in [0.4, 0.5) is 0 Å². The van der Waals surface area contributed by atoms with E-state index in [9.17, 15) is 4.79 Å². The van der Waals surface area contributed by atoms with Gasteiger partial charge in [0.1, 0.15) is 0 Å². The molecule has 0 spiro atoms. The number of rotatable bonds is 5. The van der Waals surface area contributed by atoms with Gasteiger partial charge in [0, 0.05) is 5.56 Å². The number of hydrogen-bond donors (Lipinski definition) is 0. The highest BCUT2D eigenvalue weighted by Gasteiger charge is 2.13. The lowest BCUT2D eigenvalue weighted by molar-refractivity contribution is 0.473. The molecule has 14 heavy (non-hydrogen) atoms. The Morgan fingerprint density at radius 1 is 1.29 bits per heavy atom. The summed E-state index contributed by atoms with van der Waals surface area (Å²) in [5.74, 6) is 0.377. The van der Waals surface area contributed by atoms with Gasteiger partial charge in [-0.15, -0.1) is 0 Å². The third kappa shape index (κ3) is 2.72. The van der Waals surface area contributed by atoms with E-state index in [0.29, 0.717) is 5.92 Å². The summed E-state index contributed by atoms with van der Waals surface area (Å²) in [6.07, 6.45) is 5.81. The van der Waals surface area contributed by atoms with E-state index in [1.54, 1.807) is 6.07 Å². The monoisotopic (exact) mass is 194 g/mol. The van der Waals surface area contributed by atoms with Crippen LogP contribution in [0.2, 0.25) is 0 Å². The van der Waals surface area contributed by atoms with Crippen LogP contribution in [0.5, 0.6) is 0 Å².